The third kappa shape index (κ3) is 6.13. The Morgan fingerprint density at radius 1 is 1.25 bits per heavy atom. The number of hydrogen-bond acceptors (Lipinski definition) is 3. The SMILES string of the molecule is C/C(CN)=C(/F)COc1ccc(C(=O)NC2CCCCC2)cc1.Cl. The van der Waals surface area contributed by atoms with Crippen molar-refractivity contribution in [2.45, 2.75) is 45.1 Å². The van der Waals surface area contributed by atoms with Crippen LogP contribution in [0.1, 0.15) is 49.4 Å². The van der Waals surface area contributed by atoms with Crippen molar-refractivity contribution in [1.29, 1.82) is 0 Å². The number of carbonyl (C=O) groups is 1. The van der Waals surface area contributed by atoms with Gasteiger partial charge in [-0.25, -0.2) is 4.39 Å². The molecule has 134 valence electrons. The van der Waals surface area contributed by atoms with Crippen molar-refractivity contribution in [3.05, 3.63) is 41.2 Å². The van der Waals surface area contributed by atoms with Crippen LogP contribution in [0.15, 0.2) is 35.7 Å². The Kier molecular flexibility index (Phi) is 8.79. The fourth-order valence-corrected chi connectivity index (χ4v) is 2.60. The van der Waals surface area contributed by atoms with Crippen LogP contribution in [-0.4, -0.2) is 25.1 Å². The van der Waals surface area contributed by atoms with Gasteiger partial charge in [0.15, 0.2) is 0 Å². The van der Waals surface area contributed by atoms with Gasteiger partial charge in [-0.1, -0.05) is 19.3 Å². The average Bonchev–Trinajstić information content (AvgIpc) is 2.60. The van der Waals surface area contributed by atoms with Crippen LogP contribution >= 0.6 is 12.4 Å². The van der Waals surface area contributed by atoms with E-state index in [1.807, 2.05) is 0 Å². The molecule has 1 aromatic rings. The lowest BCUT2D eigenvalue weighted by Crippen LogP contribution is -2.36. The van der Waals surface area contributed by atoms with Crippen LogP contribution in [0.3, 0.4) is 0 Å². The van der Waals surface area contributed by atoms with Gasteiger partial charge in [-0.3, -0.25) is 4.79 Å². The number of ether oxygens (including phenoxy) is 1. The van der Waals surface area contributed by atoms with E-state index in [4.69, 9.17) is 10.5 Å². The average molecular weight is 357 g/mol. The van der Waals surface area contributed by atoms with E-state index in [-0.39, 0.29) is 43.3 Å². The van der Waals surface area contributed by atoms with Crippen LogP contribution in [0.4, 0.5) is 4.39 Å². The molecule has 0 bridgehead atoms. The first-order valence-corrected chi connectivity index (χ1v) is 8.18. The molecule has 1 fully saturated rings. The molecule has 6 heteroatoms. The molecular formula is C18H26ClFN2O2. The molecule has 24 heavy (non-hydrogen) atoms. The summed E-state index contributed by atoms with van der Waals surface area (Å²) in [6, 6.07) is 7.04. The maximum Gasteiger partial charge on any atom is 0.251 e. The second-order valence-corrected chi connectivity index (χ2v) is 6.01. The lowest BCUT2D eigenvalue weighted by Gasteiger charge is -2.22. The summed E-state index contributed by atoms with van der Waals surface area (Å²) in [5.74, 6) is 0.110. The zero-order valence-electron chi connectivity index (χ0n) is 14.0. The minimum atomic E-state index is -0.355. The Morgan fingerprint density at radius 3 is 2.46 bits per heavy atom. The van der Waals surface area contributed by atoms with Gasteiger partial charge in [-0.05, 0) is 49.6 Å². The van der Waals surface area contributed by atoms with Crippen molar-refractivity contribution in [1.82, 2.24) is 5.32 Å². The van der Waals surface area contributed by atoms with E-state index in [0.29, 0.717) is 16.9 Å². The highest BCUT2D eigenvalue weighted by Crippen LogP contribution is 2.19. The molecule has 1 aliphatic carbocycles. The molecule has 1 aromatic carbocycles. The van der Waals surface area contributed by atoms with Crippen LogP contribution < -0.4 is 15.8 Å². The fraction of sp³-hybridized carbons (Fsp3) is 0.500. The molecule has 1 amide bonds. The van der Waals surface area contributed by atoms with Crippen LogP contribution in [-0.2, 0) is 0 Å². The molecule has 0 unspecified atom stereocenters. The van der Waals surface area contributed by atoms with E-state index in [1.54, 1.807) is 31.2 Å². The molecule has 0 spiro atoms. The van der Waals surface area contributed by atoms with Crippen LogP contribution in [0.5, 0.6) is 5.75 Å². The third-order valence-corrected chi connectivity index (χ3v) is 4.19. The molecule has 3 N–H and O–H groups in total. The van der Waals surface area contributed by atoms with Crippen molar-refractivity contribution in [2.24, 2.45) is 5.73 Å². The minimum absolute atomic E-state index is 0. The van der Waals surface area contributed by atoms with Gasteiger partial charge in [0.05, 0.1) is 0 Å². The summed E-state index contributed by atoms with van der Waals surface area (Å²) >= 11 is 0. The number of nitrogens with two attached hydrogens (primary N) is 1. The van der Waals surface area contributed by atoms with Crippen LogP contribution in [0.2, 0.25) is 0 Å². The fourth-order valence-electron chi connectivity index (χ4n) is 2.60. The third-order valence-electron chi connectivity index (χ3n) is 4.19. The lowest BCUT2D eigenvalue weighted by atomic mass is 9.95. The molecule has 1 saturated carbocycles. The summed E-state index contributed by atoms with van der Waals surface area (Å²) in [5, 5.41) is 3.07. The number of carbonyl (C=O) groups excluding carboxylic acids is 1. The van der Waals surface area contributed by atoms with E-state index in [0.717, 1.165) is 12.8 Å². The zero-order chi connectivity index (χ0) is 16.7. The summed E-state index contributed by atoms with van der Waals surface area (Å²) in [5.41, 5.74) is 6.45. The molecule has 0 atom stereocenters. The highest BCUT2D eigenvalue weighted by molar-refractivity contribution is 5.94. The van der Waals surface area contributed by atoms with Crippen molar-refractivity contribution in [3.8, 4) is 5.75 Å². The molecule has 1 aliphatic rings. The quantitative estimate of drug-likeness (QED) is 0.815. The second-order valence-electron chi connectivity index (χ2n) is 6.01. The Morgan fingerprint density at radius 2 is 1.88 bits per heavy atom. The molecule has 0 saturated heterocycles. The van der Waals surface area contributed by atoms with E-state index < -0.39 is 0 Å². The number of amides is 1. The van der Waals surface area contributed by atoms with Gasteiger partial charge in [0.1, 0.15) is 18.2 Å². The van der Waals surface area contributed by atoms with Crippen molar-refractivity contribution >= 4 is 18.3 Å². The minimum Gasteiger partial charge on any atom is -0.487 e. The van der Waals surface area contributed by atoms with Gasteiger partial charge in [0.25, 0.3) is 5.91 Å². The molecule has 0 radical (unpaired) electrons. The summed E-state index contributed by atoms with van der Waals surface area (Å²) < 4.78 is 18.9. The molecule has 0 aliphatic heterocycles. The van der Waals surface area contributed by atoms with Crippen molar-refractivity contribution in [2.75, 3.05) is 13.2 Å². The van der Waals surface area contributed by atoms with E-state index in [9.17, 15) is 9.18 Å². The largest absolute Gasteiger partial charge is 0.487 e. The smallest absolute Gasteiger partial charge is 0.251 e. The molecule has 0 aromatic heterocycles. The van der Waals surface area contributed by atoms with Crippen LogP contribution in [0.25, 0.3) is 0 Å². The Labute approximate surface area is 149 Å². The monoisotopic (exact) mass is 356 g/mol. The number of rotatable bonds is 6. The van der Waals surface area contributed by atoms with Gasteiger partial charge in [0.2, 0.25) is 0 Å². The zero-order valence-corrected chi connectivity index (χ0v) is 14.8. The Balaban J connectivity index is 0.00000288. The van der Waals surface area contributed by atoms with Gasteiger partial charge in [-0.2, -0.15) is 0 Å². The second kappa shape index (κ2) is 10.3. The lowest BCUT2D eigenvalue weighted by molar-refractivity contribution is 0.0927. The summed E-state index contributed by atoms with van der Waals surface area (Å²) in [7, 11) is 0. The molecule has 4 nitrogen and oxygen atoms in total. The number of benzene rings is 1. The van der Waals surface area contributed by atoms with Crippen molar-refractivity contribution in [3.63, 3.8) is 0 Å². The number of hydrogen-bond donors (Lipinski definition) is 2. The normalized spacial score (nSPS) is 16.0. The van der Waals surface area contributed by atoms with Crippen LogP contribution in [0, 0.1) is 0 Å². The predicted octanol–water partition coefficient (Wildman–Crippen LogP) is 3.75. The first kappa shape index (κ1) is 20.5. The number of nitrogens with one attached hydrogen (secondary N) is 1. The van der Waals surface area contributed by atoms with E-state index >= 15 is 0 Å². The maximum atomic E-state index is 13.6. The molecule has 2 rings (SSSR count). The standard InChI is InChI=1S/C18H25FN2O2.ClH/c1-13(11-20)17(19)12-23-16-9-7-14(8-10-16)18(22)21-15-5-3-2-4-6-15;/h7-10,15H,2-6,11-12,20H2,1H3,(H,21,22);1H/b17-13-;. The summed E-state index contributed by atoms with van der Waals surface area (Å²) in [6.45, 7) is 1.67. The van der Waals surface area contributed by atoms with Gasteiger partial charge in [-0.15, -0.1) is 12.4 Å². The van der Waals surface area contributed by atoms with E-state index in [1.165, 1.54) is 19.3 Å². The topological polar surface area (TPSA) is 64.3 Å². The Hall–Kier alpha value is -1.59. The summed E-state index contributed by atoms with van der Waals surface area (Å²) in [4.78, 5) is 12.2. The predicted molar refractivity (Wildman–Crippen MR) is 96.4 cm³/mol. The first-order valence-electron chi connectivity index (χ1n) is 8.18. The summed E-state index contributed by atoms with van der Waals surface area (Å²) in [6.07, 6.45) is 5.73. The Bertz CT molecular complexity index is 555. The number of halogens is 2. The molecular weight excluding hydrogens is 331 g/mol. The van der Waals surface area contributed by atoms with Gasteiger partial charge >= 0.3 is 0 Å². The van der Waals surface area contributed by atoms with E-state index in [2.05, 4.69) is 5.32 Å². The van der Waals surface area contributed by atoms with Gasteiger partial charge in [0, 0.05) is 18.2 Å². The highest BCUT2D eigenvalue weighted by Gasteiger charge is 2.16. The van der Waals surface area contributed by atoms with Crippen molar-refractivity contribution < 1.29 is 13.9 Å². The first-order chi connectivity index (χ1) is 11.1. The highest BCUT2D eigenvalue weighted by atomic mass is 35.5. The van der Waals surface area contributed by atoms with Gasteiger partial charge < -0.3 is 15.8 Å². The maximum absolute atomic E-state index is 13.6. The molecule has 0 heterocycles.